The Morgan fingerprint density at radius 2 is 1.96 bits per heavy atom. The first kappa shape index (κ1) is 18.5. The average Bonchev–Trinajstić information content (AvgIpc) is 3.03. The summed E-state index contributed by atoms with van der Waals surface area (Å²) in [6.07, 6.45) is 0.244. The number of Topliss-reactive ketones (excluding diaryl/α,β-unsaturated/α-hetero) is 1. The normalized spacial score (nSPS) is 17.3. The van der Waals surface area contributed by atoms with Gasteiger partial charge in [-0.15, -0.1) is 0 Å². The Labute approximate surface area is 164 Å². The number of hydrogen-bond donors (Lipinski definition) is 1. The Morgan fingerprint density at radius 3 is 2.70 bits per heavy atom. The van der Waals surface area contributed by atoms with Crippen LogP contribution >= 0.6 is 11.6 Å². The van der Waals surface area contributed by atoms with Gasteiger partial charge in [0.25, 0.3) is 0 Å². The average molecular weight is 385 g/mol. The zero-order valence-corrected chi connectivity index (χ0v) is 16.1. The highest BCUT2D eigenvalue weighted by Gasteiger charge is 2.27. The van der Waals surface area contributed by atoms with Crippen molar-refractivity contribution in [3.63, 3.8) is 0 Å². The summed E-state index contributed by atoms with van der Waals surface area (Å²) in [7, 11) is 1.22. The number of rotatable bonds is 4. The van der Waals surface area contributed by atoms with E-state index >= 15 is 0 Å². The third kappa shape index (κ3) is 3.89. The number of halogens is 1. The first-order chi connectivity index (χ1) is 13.0. The minimum Gasteiger partial charge on any atom is -0.423 e. The number of carbonyl (C=O) groups excluding carboxylic acids is 1. The van der Waals surface area contributed by atoms with Crippen molar-refractivity contribution in [3.8, 4) is 0 Å². The van der Waals surface area contributed by atoms with Crippen molar-refractivity contribution >= 4 is 35.7 Å². The molecule has 2 aromatic carbocycles. The monoisotopic (exact) mass is 384 g/mol. The smallest absolute Gasteiger partial charge is 0.423 e. The maximum atomic E-state index is 12.7. The van der Waals surface area contributed by atoms with Crippen LogP contribution in [0, 0.1) is 0 Å². The molecule has 0 bridgehead atoms. The molecule has 0 unspecified atom stereocenters. The first-order valence-electron chi connectivity index (χ1n) is 9.19. The van der Waals surface area contributed by atoms with Crippen LogP contribution in [-0.4, -0.2) is 56.1 Å². The van der Waals surface area contributed by atoms with E-state index in [-0.39, 0.29) is 12.2 Å². The molecule has 2 aromatic rings. The lowest BCUT2D eigenvalue weighted by molar-refractivity contribution is 0.0993. The van der Waals surface area contributed by atoms with E-state index in [4.69, 9.17) is 16.3 Å². The van der Waals surface area contributed by atoms with Gasteiger partial charge in [-0.25, -0.2) is 0 Å². The van der Waals surface area contributed by atoms with Crippen molar-refractivity contribution in [2.24, 2.45) is 0 Å². The topological polar surface area (TPSA) is 53.0 Å². The molecular weight excluding hydrogens is 362 g/mol. The summed E-state index contributed by atoms with van der Waals surface area (Å²) in [6.45, 7) is 4.36. The van der Waals surface area contributed by atoms with Crippen LogP contribution < -0.4 is 10.4 Å². The summed E-state index contributed by atoms with van der Waals surface area (Å²) in [5.74, 6) is -0.0294. The minimum atomic E-state index is -0.901. The fourth-order valence-corrected chi connectivity index (χ4v) is 3.93. The lowest BCUT2D eigenvalue weighted by Gasteiger charge is -2.34. The van der Waals surface area contributed by atoms with Crippen LogP contribution in [0.1, 0.15) is 21.5 Å². The zero-order valence-electron chi connectivity index (χ0n) is 15.3. The Balaban J connectivity index is 1.48. The Bertz CT molecular complexity index is 868. The maximum Gasteiger partial charge on any atom is 0.491 e. The van der Waals surface area contributed by atoms with Crippen molar-refractivity contribution in [2.45, 2.75) is 13.0 Å². The molecule has 0 aliphatic carbocycles. The van der Waals surface area contributed by atoms with Gasteiger partial charge in [0, 0.05) is 43.9 Å². The van der Waals surface area contributed by atoms with Gasteiger partial charge >= 0.3 is 7.12 Å². The van der Waals surface area contributed by atoms with E-state index in [0.29, 0.717) is 17.2 Å². The molecule has 4 rings (SSSR count). The molecule has 0 amide bonds. The number of hydrogen-bond acceptors (Lipinski definition) is 5. The van der Waals surface area contributed by atoms with E-state index < -0.39 is 7.12 Å². The number of anilines is 1. The lowest BCUT2D eigenvalue weighted by Crippen LogP contribution is -2.44. The Kier molecular flexibility index (Phi) is 5.24. The molecule has 7 heteroatoms. The van der Waals surface area contributed by atoms with Crippen molar-refractivity contribution in [1.29, 1.82) is 0 Å². The van der Waals surface area contributed by atoms with Gasteiger partial charge in [-0.05, 0) is 41.8 Å². The van der Waals surface area contributed by atoms with Crippen LogP contribution in [-0.2, 0) is 17.7 Å². The summed E-state index contributed by atoms with van der Waals surface area (Å²) in [5, 5.41) is 10.3. The second-order valence-electron chi connectivity index (χ2n) is 7.25. The molecule has 5 nitrogen and oxygen atoms in total. The fraction of sp³-hybridized carbons (Fsp3) is 0.350. The van der Waals surface area contributed by atoms with Crippen molar-refractivity contribution in [2.75, 3.05) is 38.1 Å². The molecule has 1 fully saturated rings. The fourth-order valence-electron chi connectivity index (χ4n) is 3.65. The van der Waals surface area contributed by atoms with E-state index in [2.05, 4.69) is 16.8 Å². The van der Waals surface area contributed by atoms with Gasteiger partial charge < -0.3 is 19.5 Å². The Hall–Kier alpha value is -1.86. The molecule has 2 aliphatic heterocycles. The van der Waals surface area contributed by atoms with Gasteiger partial charge in [0.05, 0.1) is 11.6 Å². The molecule has 0 saturated carbocycles. The molecule has 1 saturated heterocycles. The third-order valence-corrected chi connectivity index (χ3v) is 5.67. The number of benzene rings is 2. The predicted molar refractivity (Wildman–Crippen MR) is 108 cm³/mol. The molecule has 1 N–H and O–H groups in total. The van der Waals surface area contributed by atoms with Gasteiger partial charge in [-0.2, -0.15) is 0 Å². The maximum absolute atomic E-state index is 12.7. The van der Waals surface area contributed by atoms with E-state index in [1.54, 1.807) is 0 Å². The van der Waals surface area contributed by atoms with Gasteiger partial charge in [0.15, 0.2) is 5.78 Å². The van der Waals surface area contributed by atoms with Gasteiger partial charge in [-0.1, -0.05) is 29.8 Å². The Morgan fingerprint density at radius 1 is 1.19 bits per heavy atom. The first-order valence-corrected chi connectivity index (χ1v) is 9.56. The van der Waals surface area contributed by atoms with Gasteiger partial charge in [0.1, 0.15) is 0 Å². The van der Waals surface area contributed by atoms with Gasteiger partial charge in [0.2, 0.25) is 0 Å². The highest BCUT2D eigenvalue weighted by molar-refractivity contribution is 6.61. The SMILES string of the molecule is CN1CCN(c2ccc(C(=O)Cc3ccc4c(c3)B(O)OC4)c(Cl)c2)CC1. The number of carbonyl (C=O) groups is 1. The summed E-state index contributed by atoms with van der Waals surface area (Å²) < 4.78 is 5.21. The largest absolute Gasteiger partial charge is 0.491 e. The lowest BCUT2D eigenvalue weighted by atomic mass is 9.78. The second-order valence-corrected chi connectivity index (χ2v) is 7.66. The molecule has 0 radical (unpaired) electrons. The quantitative estimate of drug-likeness (QED) is 0.643. The molecule has 2 aliphatic rings. The summed E-state index contributed by atoms with van der Waals surface area (Å²) in [4.78, 5) is 17.3. The molecule has 0 atom stereocenters. The summed E-state index contributed by atoms with van der Waals surface area (Å²) in [5.41, 5.74) is 4.15. The molecule has 0 aromatic heterocycles. The zero-order chi connectivity index (χ0) is 19.0. The number of likely N-dealkylation sites (N-methyl/N-ethyl adjacent to an activating group) is 1. The summed E-state index contributed by atoms with van der Waals surface area (Å²) in [6, 6.07) is 11.4. The van der Waals surface area contributed by atoms with E-state index in [0.717, 1.165) is 48.5 Å². The third-order valence-electron chi connectivity index (χ3n) is 5.36. The van der Waals surface area contributed by atoms with E-state index in [1.165, 1.54) is 0 Å². The van der Waals surface area contributed by atoms with Crippen molar-refractivity contribution in [3.05, 3.63) is 58.1 Å². The molecular formula is C20H22BClN2O3. The highest BCUT2D eigenvalue weighted by atomic mass is 35.5. The summed E-state index contributed by atoms with van der Waals surface area (Å²) >= 11 is 6.44. The van der Waals surface area contributed by atoms with Crippen molar-refractivity contribution < 1.29 is 14.5 Å². The second kappa shape index (κ2) is 7.64. The van der Waals surface area contributed by atoms with Crippen molar-refractivity contribution in [1.82, 2.24) is 4.90 Å². The van der Waals surface area contributed by atoms with Gasteiger partial charge in [-0.3, -0.25) is 4.79 Å². The number of piperazine rings is 1. The predicted octanol–water partition coefficient (Wildman–Crippen LogP) is 1.73. The van der Waals surface area contributed by atoms with Crippen LogP contribution in [0.5, 0.6) is 0 Å². The molecule has 0 spiro atoms. The minimum absolute atomic E-state index is 0.0294. The van der Waals surface area contributed by atoms with Crippen LogP contribution in [0.3, 0.4) is 0 Å². The number of ketones is 1. The molecule has 2 heterocycles. The molecule has 27 heavy (non-hydrogen) atoms. The number of nitrogens with zero attached hydrogens (tertiary/aromatic N) is 2. The van der Waals surface area contributed by atoms with E-state index in [9.17, 15) is 9.82 Å². The van der Waals surface area contributed by atoms with E-state index in [1.807, 2.05) is 36.4 Å². The number of fused-ring (bicyclic) bond motifs is 1. The highest BCUT2D eigenvalue weighted by Crippen LogP contribution is 2.26. The van der Waals surface area contributed by atoms with Crippen LogP contribution in [0.25, 0.3) is 0 Å². The van der Waals surface area contributed by atoms with Crippen LogP contribution in [0.2, 0.25) is 5.02 Å². The van der Waals surface area contributed by atoms with Crippen LogP contribution in [0.15, 0.2) is 36.4 Å². The standard InChI is InChI=1S/C20H22BClN2O3/c1-23-6-8-24(9-7-23)16-4-5-17(19(22)12-16)20(25)11-14-2-3-15-13-27-21(26)18(15)10-14/h2-5,10,12,26H,6-9,11,13H2,1H3. The van der Waals surface area contributed by atoms with Crippen LogP contribution in [0.4, 0.5) is 5.69 Å². The molecule has 140 valence electrons.